The summed E-state index contributed by atoms with van der Waals surface area (Å²) in [5.41, 5.74) is -4.32. The Labute approximate surface area is 117 Å². The molecule has 0 spiro atoms. The Kier molecular flexibility index (Phi) is 8.47. The number of hydrogen-bond donors (Lipinski definition) is 0. The number of hydrogen-bond acceptors (Lipinski definition) is 3. The van der Waals surface area contributed by atoms with Crippen molar-refractivity contribution in [2.24, 2.45) is 0 Å². The molecule has 0 aliphatic rings. The van der Waals surface area contributed by atoms with Crippen molar-refractivity contribution in [3.05, 3.63) is 35.9 Å². The molecule has 0 radical (unpaired) electrons. The van der Waals surface area contributed by atoms with Crippen LogP contribution in [0.4, 0.5) is 13.2 Å². The molecule has 1 aromatic carbocycles. The van der Waals surface area contributed by atoms with Crippen molar-refractivity contribution >= 4 is 10.1 Å². The van der Waals surface area contributed by atoms with Gasteiger partial charge in [-0.3, -0.25) is 0 Å². The van der Waals surface area contributed by atoms with Crippen LogP contribution < -0.4 is 0 Å². The Bertz CT molecular complexity index is 389. The number of alkyl halides is 3. The van der Waals surface area contributed by atoms with Crippen LogP contribution in [0.3, 0.4) is 0 Å². The number of halogens is 3. The van der Waals surface area contributed by atoms with Crippen LogP contribution in [-0.4, -0.2) is 18.5 Å². The summed E-state index contributed by atoms with van der Waals surface area (Å²) in [6.07, 6.45) is 0. The SMILES string of the molecule is Cc1ccccc1.O=S(=O)([O-])C(F)(F)F.[Y+3]. The normalized spacial score (nSPS) is 10.8. The largest absolute Gasteiger partial charge is 3.00 e. The Morgan fingerprint density at radius 3 is 1.56 bits per heavy atom. The molecule has 0 saturated heterocycles. The first-order chi connectivity index (χ1) is 6.64. The zero-order valence-corrected chi connectivity index (χ0v) is 11.9. The fraction of sp³-hybridized carbons (Fsp3) is 0.250. The van der Waals surface area contributed by atoms with E-state index in [1.165, 1.54) is 5.56 Å². The zero-order chi connectivity index (χ0) is 12.1. The summed E-state index contributed by atoms with van der Waals surface area (Å²) in [5, 5.41) is 0. The maximum Gasteiger partial charge on any atom is 3.00 e. The van der Waals surface area contributed by atoms with E-state index >= 15 is 0 Å². The molecule has 8 heteroatoms. The van der Waals surface area contributed by atoms with E-state index in [-0.39, 0.29) is 32.7 Å². The standard InChI is InChI=1S/C7H8.CHF3O3S.Y/c1-7-5-3-2-4-6-7;2-1(3,4)8(5,6)7;/h2-6H,1H3;(H,5,6,7);/q;;+3/p-1. The van der Waals surface area contributed by atoms with E-state index in [0.717, 1.165) is 0 Å². The minimum atomic E-state index is -6.09. The molecule has 0 unspecified atom stereocenters. The van der Waals surface area contributed by atoms with Crippen LogP contribution in [0, 0.1) is 6.92 Å². The third-order valence-electron chi connectivity index (χ3n) is 1.22. The van der Waals surface area contributed by atoms with Gasteiger partial charge in [-0.2, -0.15) is 13.2 Å². The fourth-order valence-corrected chi connectivity index (χ4v) is 0.534. The van der Waals surface area contributed by atoms with E-state index in [2.05, 4.69) is 19.1 Å². The molecule has 0 N–H and O–H groups in total. The quantitative estimate of drug-likeness (QED) is 0.540. The second kappa shape index (κ2) is 7.37. The van der Waals surface area contributed by atoms with E-state index in [0.29, 0.717) is 0 Å². The van der Waals surface area contributed by atoms with Gasteiger partial charge in [0.05, 0.1) is 0 Å². The average molecular weight is 330 g/mol. The summed E-state index contributed by atoms with van der Waals surface area (Å²) < 4.78 is 58.9. The minimum absolute atomic E-state index is 0. The molecule has 16 heavy (non-hydrogen) atoms. The van der Waals surface area contributed by atoms with Gasteiger partial charge in [-0.05, 0) is 6.92 Å². The summed E-state index contributed by atoms with van der Waals surface area (Å²) >= 11 is 0. The molecular formula is C8H8F3O3SY+2. The Hall–Kier alpha value is 0.0239. The van der Waals surface area contributed by atoms with Gasteiger partial charge in [0.1, 0.15) is 0 Å². The maximum absolute atomic E-state index is 10.7. The number of aryl methyl sites for hydroxylation is 1. The number of rotatable bonds is 0. The molecule has 0 fully saturated rings. The molecule has 1 rings (SSSR count). The second-order valence-electron chi connectivity index (χ2n) is 2.55. The summed E-state index contributed by atoms with van der Waals surface area (Å²) in [4.78, 5) is 0. The molecule has 0 aliphatic carbocycles. The molecule has 0 heterocycles. The topological polar surface area (TPSA) is 57.2 Å². The predicted molar refractivity (Wildman–Crippen MR) is 46.9 cm³/mol. The van der Waals surface area contributed by atoms with Gasteiger partial charge in [0.15, 0.2) is 10.1 Å². The monoisotopic (exact) mass is 330 g/mol. The summed E-state index contributed by atoms with van der Waals surface area (Å²) in [6.45, 7) is 2.08. The average Bonchev–Trinajstić information content (AvgIpc) is 2.02. The first kappa shape index (κ1) is 18.4. The molecule has 0 aromatic heterocycles. The molecule has 0 saturated carbocycles. The summed E-state index contributed by atoms with van der Waals surface area (Å²) in [6, 6.07) is 10.3. The molecule has 0 bridgehead atoms. The molecular weight excluding hydrogens is 322 g/mol. The first-order valence-corrected chi connectivity index (χ1v) is 5.09. The van der Waals surface area contributed by atoms with Crippen LogP contribution in [0.2, 0.25) is 0 Å². The van der Waals surface area contributed by atoms with Crippen molar-refractivity contribution in [2.45, 2.75) is 12.4 Å². The van der Waals surface area contributed by atoms with Crippen molar-refractivity contribution in [3.63, 3.8) is 0 Å². The predicted octanol–water partition coefficient (Wildman–Crippen LogP) is 2.04. The van der Waals surface area contributed by atoms with Gasteiger partial charge in [-0.1, -0.05) is 35.9 Å². The van der Waals surface area contributed by atoms with E-state index in [4.69, 9.17) is 13.0 Å². The van der Waals surface area contributed by atoms with Crippen LogP contribution in [0.15, 0.2) is 30.3 Å². The smallest absolute Gasteiger partial charge is 0.741 e. The van der Waals surface area contributed by atoms with Crippen molar-refractivity contribution < 1.29 is 58.9 Å². The van der Waals surface area contributed by atoms with Gasteiger partial charge in [0, 0.05) is 0 Å². The first-order valence-electron chi connectivity index (χ1n) is 3.68. The second-order valence-corrected chi connectivity index (χ2v) is 3.93. The minimum Gasteiger partial charge on any atom is -0.741 e. The number of benzene rings is 1. The van der Waals surface area contributed by atoms with E-state index < -0.39 is 15.6 Å². The molecule has 0 aliphatic heterocycles. The molecule has 3 nitrogen and oxygen atoms in total. The van der Waals surface area contributed by atoms with Gasteiger partial charge in [0.25, 0.3) is 0 Å². The zero-order valence-electron chi connectivity index (χ0n) is 8.23. The Morgan fingerprint density at radius 1 is 1.12 bits per heavy atom. The van der Waals surface area contributed by atoms with Crippen molar-refractivity contribution in [3.8, 4) is 0 Å². The maximum atomic E-state index is 10.7. The van der Waals surface area contributed by atoms with E-state index in [1.54, 1.807) is 0 Å². The molecule has 0 atom stereocenters. The van der Waals surface area contributed by atoms with Gasteiger partial charge >= 0.3 is 38.2 Å². The fourth-order valence-electron chi connectivity index (χ4n) is 0.534. The van der Waals surface area contributed by atoms with Crippen LogP contribution in [-0.2, 0) is 42.8 Å². The molecule has 1 aromatic rings. The molecule has 86 valence electrons. The summed E-state index contributed by atoms with van der Waals surface area (Å²) in [7, 11) is -6.09. The van der Waals surface area contributed by atoms with Crippen molar-refractivity contribution in [2.75, 3.05) is 0 Å². The van der Waals surface area contributed by atoms with Gasteiger partial charge in [-0.25, -0.2) is 8.42 Å². The van der Waals surface area contributed by atoms with Crippen molar-refractivity contribution in [1.29, 1.82) is 0 Å². The van der Waals surface area contributed by atoms with Crippen molar-refractivity contribution in [1.82, 2.24) is 0 Å². The summed E-state index contributed by atoms with van der Waals surface area (Å²) in [5.74, 6) is 0. The van der Waals surface area contributed by atoms with Gasteiger partial charge in [-0.15, -0.1) is 0 Å². The Balaban J connectivity index is 0. The van der Waals surface area contributed by atoms with E-state index in [9.17, 15) is 13.2 Å². The van der Waals surface area contributed by atoms with Crippen LogP contribution in [0.25, 0.3) is 0 Å². The Morgan fingerprint density at radius 2 is 1.44 bits per heavy atom. The van der Waals surface area contributed by atoms with Crippen LogP contribution in [0.1, 0.15) is 5.56 Å². The van der Waals surface area contributed by atoms with E-state index in [1.807, 2.05) is 18.2 Å². The van der Waals surface area contributed by atoms with Crippen LogP contribution >= 0.6 is 0 Å². The van der Waals surface area contributed by atoms with Gasteiger partial charge in [0.2, 0.25) is 0 Å². The van der Waals surface area contributed by atoms with Crippen LogP contribution in [0.5, 0.6) is 0 Å². The molecule has 0 amide bonds. The third-order valence-corrected chi connectivity index (χ3v) is 1.79. The van der Waals surface area contributed by atoms with Gasteiger partial charge < -0.3 is 4.55 Å². The third kappa shape index (κ3) is 8.21.